The molecule has 18 heavy (non-hydrogen) atoms. The van der Waals surface area contributed by atoms with Crippen molar-refractivity contribution in [3.05, 3.63) is 33.8 Å². The van der Waals surface area contributed by atoms with Gasteiger partial charge in [-0.2, -0.15) is 0 Å². The predicted molar refractivity (Wildman–Crippen MR) is 80.9 cm³/mol. The highest BCUT2D eigenvalue weighted by Gasteiger charge is 2.17. The van der Waals surface area contributed by atoms with Gasteiger partial charge in [-0.3, -0.25) is 0 Å². The van der Waals surface area contributed by atoms with Gasteiger partial charge in [0.1, 0.15) is 0 Å². The van der Waals surface area contributed by atoms with Crippen molar-refractivity contribution in [3.63, 3.8) is 0 Å². The fourth-order valence-electron chi connectivity index (χ4n) is 2.46. The fourth-order valence-corrected chi connectivity index (χ4v) is 2.89. The summed E-state index contributed by atoms with van der Waals surface area (Å²) in [6.07, 6.45) is 2.56. The lowest BCUT2D eigenvalue weighted by Crippen LogP contribution is -2.42. The molecule has 1 aromatic carbocycles. The van der Waals surface area contributed by atoms with Crippen molar-refractivity contribution in [2.45, 2.75) is 39.3 Å². The highest BCUT2D eigenvalue weighted by Crippen LogP contribution is 2.18. The van der Waals surface area contributed by atoms with Crippen molar-refractivity contribution in [1.82, 2.24) is 10.2 Å². The average molecular weight is 311 g/mol. The van der Waals surface area contributed by atoms with Crippen molar-refractivity contribution in [2.75, 3.05) is 19.6 Å². The molecule has 0 bridgehead atoms. The van der Waals surface area contributed by atoms with Crippen LogP contribution in [0.4, 0.5) is 0 Å². The SMILES string of the molecule is CCN1CCC(NCc2ccc(C)c(Br)c2)CC1. The first kappa shape index (κ1) is 14.0. The summed E-state index contributed by atoms with van der Waals surface area (Å²) in [5.41, 5.74) is 2.67. The molecule has 2 rings (SSSR count). The van der Waals surface area contributed by atoms with E-state index in [2.05, 4.69) is 58.2 Å². The van der Waals surface area contributed by atoms with Gasteiger partial charge in [-0.15, -0.1) is 0 Å². The standard InChI is InChI=1S/C15H23BrN2/c1-3-18-8-6-14(7-9-18)17-11-13-5-4-12(2)15(16)10-13/h4-5,10,14,17H,3,6-9,11H2,1-2H3. The summed E-state index contributed by atoms with van der Waals surface area (Å²) >= 11 is 3.59. The summed E-state index contributed by atoms with van der Waals surface area (Å²) in [6, 6.07) is 7.31. The lowest BCUT2D eigenvalue weighted by molar-refractivity contribution is 0.206. The van der Waals surface area contributed by atoms with Crippen LogP contribution >= 0.6 is 15.9 Å². The molecule has 1 aliphatic heterocycles. The van der Waals surface area contributed by atoms with Gasteiger partial charge in [0.2, 0.25) is 0 Å². The first-order chi connectivity index (χ1) is 8.69. The van der Waals surface area contributed by atoms with Crippen LogP contribution in [0.25, 0.3) is 0 Å². The van der Waals surface area contributed by atoms with E-state index in [4.69, 9.17) is 0 Å². The van der Waals surface area contributed by atoms with E-state index in [1.807, 2.05) is 0 Å². The number of rotatable bonds is 4. The summed E-state index contributed by atoms with van der Waals surface area (Å²) in [5.74, 6) is 0. The average Bonchev–Trinajstić information content (AvgIpc) is 2.41. The number of aryl methyl sites for hydroxylation is 1. The monoisotopic (exact) mass is 310 g/mol. The minimum absolute atomic E-state index is 0.688. The molecule has 3 heteroatoms. The fraction of sp³-hybridized carbons (Fsp3) is 0.600. The van der Waals surface area contributed by atoms with Gasteiger partial charge in [0, 0.05) is 17.1 Å². The molecule has 0 saturated carbocycles. The zero-order valence-electron chi connectivity index (χ0n) is 11.4. The second kappa shape index (κ2) is 6.69. The molecular formula is C15H23BrN2. The second-order valence-corrected chi connectivity index (χ2v) is 6.03. The highest BCUT2D eigenvalue weighted by atomic mass is 79.9. The Labute approximate surface area is 119 Å². The Kier molecular flexibility index (Phi) is 5.22. The molecule has 1 heterocycles. The molecule has 1 saturated heterocycles. The van der Waals surface area contributed by atoms with Crippen molar-refractivity contribution < 1.29 is 0 Å². The number of likely N-dealkylation sites (tertiary alicyclic amines) is 1. The van der Waals surface area contributed by atoms with Gasteiger partial charge in [0.25, 0.3) is 0 Å². The maximum absolute atomic E-state index is 3.68. The first-order valence-corrected chi connectivity index (χ1v) is 7.69. The smallest absolute Gasteiger partial charge is 0.0208 e. The summed E-state index contributed by atoms with van der Waals surface area (Å²) in [6.45, 7) is 9.03. The largest absolute Gasteiger partial charge is 0.310 e. The number of benzene rings is 1. The third kappa shape index (κ3) is 3.81. The van der Waals surface area contributed by atoms with Crippen molar-refractivity contribution in [3.8, 4) is 0 Å². The zero-order valence-corrected chi connectivity index (χ0v) is 13.0. The van der Waals surface area contributed by atoms with Crippen LogP contribution in [0.3, 0.4) is 0 Å². The number of nitrogens with zero attached hydrogens (tertiary/aromatic N) is 1. The number of hydrogen-bond acceptors (Lipinski definition) is 2. The lowest BCUT2D eigenvalue weighted by Gasteiger charge is -2.31. The van der Waals surface area contributed by atoms with E-state index in [0.717, 1.165) is 6.54 Å². The number of nitrogens with one attached hydrogen (secondary N) is 1. The molecule has 1 aliphatic rings. The van der Waals surface area contributed by atoms with Crippen LogP contribution < -0.4 is 5.32 Å². The first-order valence-electron chi connectivity index (χ1n) is 6.90. The Hall–Kier alpha value is -0.380. The minimum Gasteiger partial charge on any atom is -0.310 e. The van der Waals surface area contributed by atoms with Gasteiger partial charge in [0.15, 0.2) is 0 Å². The highest BCUT2D eigenvalue weighted by molar-refractivity contribution is 9.10. The molecule has 0 amide bonds. The van der Waals surface area contributed by atoms with Crippen molar-refractivity contribution >= 4 is 15.9 Å². The van der Waals surface area contributed by atoms with Gasteiger partial charge >= 0.3 is 0 Å². The van der Waals surface area contributed by atoms with Crippen molar-refractivity contribution in [2.24, 2.45) is 0 Å². The number of halogens is 1. The van der Waals surface area contributed by atoms with E-state index in [0.29, 0.717) is 6.04 Å². The summed E-state index contributed by atoms with van der Waals surface area (Å²) in [5, 5.41) is 3.68. The van der Waals surface area contributed by atoms with Crippen LogP contribution in [0.2, 0.25) is 0 Å². The summed E-state index contributed by atoms with van der Waals surface area (Å²) in [7, 11) is 0. The summed E-state index contributed by atoms with van der Waals surface area (Å²) in [4.78, 5) is 2.53. The Morgan fingerprint density at radius 2 is 2.06 bits per heavy atom. The topological polar surface area (TPSA) is 15.3 Å². The van der Waals surface area contributed by atoms with Crippen LogP contribution in [0, 0.1) is 6.92 Å². The molecule has 100 valence electrons. The van der Waals surface area contributed by atoms with E-state index in [1.165, 1.54) is 48.1 Å². The second-order valence-electron chi connectivity index (χ2n) is 5.17. The Morgan fingerprint density at radius 1 is 1.33 bits per heavy atom. The Morgan fingerprint density at radius 3 is 2.67 bits per heavy atom. The van der Waals surface area contributed by atoms with Gasteiger partial charge in [-0.25, -0.2) is 0 Å². The summed E-state index contributed by atoms with van der Waals surface area (Å²) < 4.78 is 1.21. The maximum Gasteiger partial charge on any atom is 0.0208 e. The minimum atomic E-state index is 0.688. The van der Waals surface area contributed by atoms with Crippen LogP contribution in [0.15, 0.2) is 22.7 Å². The van der Waals surface area contributed by atoms with Crippen LogP contribution in [-0.2, 0) is 6.54 Å². The van der Waals surface area contributed by atoms with E-state index in [1.54, 1.807) is 0 Å². The number of piperidine rings is 1. The van der Waals surface area contributed by atoms with Crippen molar-refractivity contribution in [1.29, 1.82) is 0 Å². The van der Waals surface area contributed by atoms with E-state index in [9.17, 15) is 0 Å². The predicted octanol–water partition coefficient (Wildman–Crippen LogP) is 3.33. The molecular weight excluding hydrogens is 288 g/mol. The molecule has 1 aromatic rings. The molecule has 1 fully saturated rings. The van der Waals surface area contributed by atoms with Crippen LogP contribution in [0.1, 0.15) is 30.9 Å². The van der Waals surface area contributed by atoms with Gasteiger partial charge in [-0.05, 0) is 56.6 Å². The van der Waals surface area contributed by atoms with Gasteiger partial charge < -0.3 is 10.2 Å². The van der Waals surface area contributed by atoms with Gasteiger partial charge in [0.05, 0.1) is 0 Å². The molecule has 0 unspecified atom stereocenters. The Balaban J connectivity index is 1.79. The normalized spacial score (nSPS) is 18.2. The molecule has 0 aliphatic carbocycles. The molecule has 2 nitrogen and oxygen atoms in total. The number of hydrogen-bond donors (Lipinski definition) is 1. The molecule has 0 aromatic heterocycles. The van der Waals surface area contributed by atoms with E-state index in [-0.39, 0.29) is 0 Å². The van der Waals surface area contributed by atoms with Crippen LogP contribution in [0.5, 0.6) is 0 Å². The molecule has 0 spiro atoms. The van der Waals surface area contributed by atoms with E-state index < -0.39 is 0 Å². The third-order valence-corrected chi connectivity index (χ3v) is 4.72. The lowest BCUT2D eigenvalue weighted by atomic mass is 10.0. The van der Waals surface area contributed by atoms with Crippen LogP contribution in [-0.4, -0.2) is 30.6 Å². The maximum atomic E-state index is 3.68. The van der Waals surface area contributed by atoms with Gasteiger partial charge in [-0.1, -0.05) is 35.0 Å². The zero-order chi connectivity index (χ0) is 13.0. The quantitative estimate of drug-likeness (QED) is 0.917. The molecule has 0 atom stereocenters. The van der Waals surface area contributed by atoms with E-state index >= 15 is 0 Å². The Bertz CT molecular complexity index is 384. The molecule has 1 N–H and O–H groups in total. The third-order valence-electron chi connectivity index (χ3n) is 3.87. The molecule has 0 radical (unpaired) electrons.